The van der Waals surface area contributed by atoms with E-state index in [-0.39, 0.29) is 11.3 Å². The number of carbonyl (C=O) groups excluding carboxylic acids is 2. The quantitative estimate of drug-likeness (QED) is 0.526. The summed E-state index contributed by atoms with van der Waals surface area (Å²) in [5.41, 5.74) is 3.12. The van der Waals surface area contributed by atoms with Crippen LogP contribution in [0.15, 0.2) is 78.5 Å². The van der Waals surface area contributed by atoms with Crippen molar-refractivity contribution in [3.05, 3.63) is 94.6 Å². The number of rotatable bonds is 6. The van der Waals surface area contributed by atoms with Crippen LogP contribution in [0.1, 0.15) is 18.1 Å². The lowest BCUT2D eigenvalue weighted by molar-refractivity contribution is -0.120. The van der Waals surface area contributed by atoms with Gasteiger partial charge >= 0.3 is 0 Å². The second-order valence-corrected chi connectivity index (χ2v) is 7.47. The van der Waals surface area contributed by atoms with Gasteiger partial charge in [-0.2, -0.15) is 0 Å². The van der Waals surface area contributed by atoms with E-state index in [2.05, 4.69) is 5.32 Å². The van der Waals surface area contributed by atoms with E-state index in [1.807, 2.05) is 56.3 Å². The van der Waals surface area contributed by atoms with Crippen LogP contribution in [0.2, 0.25) is 5.02 Å². The molecule has 3 aromatic carbocycles. The molecule has 0 radical (unpaired) electrons. The average molecular weight is 433 g/mol. The molecular weight excluding hydrogens is 412 g/mol. The van der Waals surface area contributed by atoms with Crippen LogP contribution in [-0.4, -0.2) is 18.4 Å². The van der Waals surface area contributed by atoms with Gasteiger partial charge in [-0.05, 0) is 43.7 Å². The highest BCUT2D eigenvalue weighted by atomic mass is 35.5. The van der Waals surface area contributed by atoms with Crippen LogP contribution in [0.25, 0.3) is 5.57 Å². The van der Waals surface area contributed by atoms with Crippen LogP contribution < -0.4 is 15.0 Å². The van der Waals surface area contributed by atoms with E-state index in [1.54, 1.807) is 30.3 Å². The fraction of sp³-hybridized carbons (Fsp3) is 0.120. The summed E-state index contributed by atoms with van der Waals surface area (Å²) < 4.78 is 5.68. The number of aryl methyl sites for hydroxylation is 1. The minimum atomic E-state index is -0.472. The zero-order chi connectivity index (χ0) is 22.0. The Hall–Kier alpha value is -3.57. The molecule has 1 aliphatic heterocycles. The zero-order valence-corrected chi connectivity index (χ0v) is 17.9. The molecule has 1 heterocycles. The number of hydrogen-bond donors (Lipinski definition) is 1. The lowest BCUT2D eigenvalue weighted by Gasteiger charge is -2.17. The first-order chi connectivity index (χ1) is 15.0. The molecule has 3 aromatic rings. The number of imide groups is 1. The van der Waals surface area contributed by atoms with Crippen LogP contribution >= 0.6 is 11.6 Å². The number of nitrogens with one attached hydrogen (secondary N) is 1. The number of halogens is 1. The lowest BCUT2D eigenvalue weighted by Crippen LogP contribution is -2.32. The fourth-order valence-electron chi connectivity index (χ4n) is 3.47. The van der Waals surface area contributed by atoms with E-state index in [0.29, 0.717) is 34.3 Å². The van der Waals surface area contributed by atoms with Crippen LogP contribution in [0.4, 0.5) is 11.4 Å². The molecule has 0 atom stereocenters. The monoisotopic (exact) mass is 432 g/mol. The Morgan fingerprint density at radius 3 is 2.29 bits per heavy atom. The molecule has 4 rings (SSSR count). The summed E-state index contributed by atoms with van der Waals surface area (Å²) in [6, 6.07) is 21.6. The van der Waals surface area contributed by atoms with Gasteiger partial charge < -0.3 is 10.1 Å². The van der Waals surface area contributed by atoms with Crippen LogP contribution in [0.5, 0.6) is 5.75 Å². The van der Waals surface area contributed by atoms with Crippen molar-refractivity contribution in [2.75, 3.05) is 16.8 Å². The van der Waals surface area contributed by atoms with Crippen molar-refractivity contribution in [1.82, 2.24) is 0 Å². The number of carbonyl (C=O) groups is 2. The number of amides is 2. The maximum Gasteiger partial charge on any atom is 0.282 e. The van der Waals surface area contributed by atoms with Crippen LogP contribution in [-0.2, 0) is 9.59 Å². The molecule has 0 aromatic heterocycles. The fourth-order valence-corrected chi connectivity index (χ4v) is 3.69. The van der Waals surface area contributed by atoms with Gasteiger partial charge in [0.2, 0.25) is 0 Å². The van der Waals surface area contributed by atoms with Gasteiger partial charge in [0.15, 0.2) is 0 Å². The summed E-state index contributed by atoms with van der Waals surface area (Å²) in [5.74, 6) is -0.310. The Bertz CT molecular complexity index is 1190. The molecule has 156 valence electrons. The van der Waals surface area contributed by atoms with Gasteiger partial charge in [-0.25, -0.2) is 4.90 Å². The SMILES string of the molecule is CCOc1ccccc1NC1=C(c2ccc(C)cc2)C(=O)N(c2ccccc2Cl)C1=O. The highest BCUT2D eigenvalue weighted by molar-refractivity contribution is 6.48. The smallest absolute Gasteiger partial charge is 0.282 e. The molecule has 0 fully saturated rings. The van der Waals surface area contributed by atoms with Gasteiger partial charge in [-0.3, -0.25) is 9.59 Å². The number of anilines is 2. The van der Waals surface area contributed by atoms with Crippen molar-refractivity contribution in [1.29, 1.82) is 0 Å². The predicted octanol–water partition coefficient (Wildman–Crippen LogP) is 5.44. The summed E-state index contributed by atoms with van der Waals surface area (Å²) in [4.78, 5) is 28.1. The Morgan fingerprint density at radius 2 is 1.58 bits per heavy atom. The molecule has 0 bridgehead atoms. The van der Waals surface area contributed by atoms with Gasteiger partial charge in [0, 0.05) is 0 Å². The van der Waals surface area contributed by atoms with E-state index in [0.717, 1.165) is 10.5 Å². The summed E-state index contributed by atoms with van der Waals surface area (Å²) in [6.07, 6.45) is 0. The molecule has 0 spiro atoms. The second-order valence-electron chi connectivity index (χ2n) is 7.07. The standard InChI is InChI=1S/C25H21ClN2O3/c1-3-31-21-11-7-5-9-19(21)27-23-22(17-14-12-16(2)13-15-17)24(29)28(25(23)30)20-10-6-4-8-18(20)26/h4-15,27H,3H2,1-2H3. The minimum absolute atomic E-state index is 0.181. The third kappa shape index (κ3) is 3.92. The first-order valence-electron chi connectivity index (χ1n) is 9.94. The number of ether oxygens (including phenoxy) is 1. The molecule has 2 amide bonds. The summed E-state index contributed by atoms with van der Waals surface area (Å²) in [6.45, 7) is 4.33. The topological polar surface area (TPSA) is 58.6 Å². The summed E-state index contributed by atoms with van der Waals surface area (Å²) >= 11 is 6.32. The third-order valence-corrected chi connectivity index (χ3v) is 5.28. The second kappa shape index (κ2) is 8.66. The Kier molecular flexibility index (Phi) is 5.78. The maximum absolute atomic E-state index is 13.5. The molecule has 1 N–H and O–H groups in total. The predicted molar refractivity (Wildman–Crippen MR) is 123 cm³/mol. The lowest BCUT2D eigenvalue weighted by atomic mass is 10.0. The number of para-hydroxylation sites is 3. The Labute approximate surface area is 185 Å². The van der Waals surface area contributed by atoms with E-state index in [9.17, 15) is 9.59 Å². The Balaban J connectivity index is 1.84. The first-order valence-corrected chi connectivity index (χ1v) is 10.3. The Morgan fingerprint density at radius 1 is 0.903 bits per heavy atom. The summed E-state index contributed by atoms with van der Waals surface area (Å²) in [7, 11) is 0. The highest BCUT2D eigenvalue weighted by Gasteiger charge is 2.41. The number of hydrogen-bond acceptors (Lipinski definition) is 4. The van der Waals surface area contributed by atoms with Gasteiger partial charge in [-0.1, -0.05) is 65.7 Å². The molecule has 6 heteroatoms. The van der Waals surface area contributed by atoms with Gasteiger partial charge in [-0.15, -0.1) is 0 Å². The maximum atomic E-state index is 13.5. The largest absolute Gasteiger partial charge is 0.492 e. The van der Waals surface area contributed by atoms with Gasteiger partial charge in [0.25, 0.3) is 11.8 Å². The van der Waals surface area contributed by atoms with Crippen molar-refractivity contribution in [2.24, 2.45) is 0 Å². The average Bonchev–Trinajstić information content (AvgIpc) is 3.00. The minimum Gasteiger partial charge on any atom is -0.492 e. The highest BCUT2D eigenvalue weighted by Crippen LogP contribution is 2.37. The normalized spacial score (nSPS) is 13.7. The molecule has 1 aliphatic rings. The number of benzene rings is 3. The molecular formula is C25H21ClN2O3. The van der Waals surface area contributed by atoms with Crippen molar-refractivity contribution in [3.63, 3.8) is 0 Å². The van der Waals surface area contributed by atoms with Crippen molar-refractivity contribution in [2.45, 2.75) is 13.8 Å². The van der Waals surface area contributed by atoms with E-state index in [4.69, 9.17) is 16.3 Å². The molecule has 5 nitrogen and oxygen atoms in total. The van der Waals surface area contributed by atoms with Crippen LogP contribution in [0, 0.1) is 6.92 Å². The van der Waals surface area contributed by atoms with E-state index < -0.39 is 11.8 Å². The molecule has 0 saturated carbocycles. The molecule has 31 heavy (non-hydrogen) atoms. The van der Waals surface area contributed by atoms with Crippen LogP contribution in [0.3, 0.4) is 0 Å². The first kappa shape index (κ1) is 20.7. The molecule has 0 aliphatic carbocycles. The van der Waals surface area contributed by atoms with Crippen molar-refractivity contribution in [3.8, 4) is 5.75 Å². The molecule has 0 saturated heterocycles. The van der Waals surface area contributed by atoms with E-state index >= 15 is 0 Å². The van der Waals surface area contributed by atoms with Gasteiger partial charge in [0.05, 0.1) is 28.6 Å². The summed E-state index contributed by atoms with van der Waals surface area (Å²) in [5, 5.41) is 3.48. The van der Waals surface area contributed by atoms with Gasteiger partial charge in [0.1, 0.15) is 11.4 Å². The van der Waals surface area contributed by atoms with E-state index in [1.165, 1.54) is 0 Å². The molecule has 0 unspecified atom stereocenters. The number of nitrogens with zero attached hydrogens (tertiary/aromatic N) is 1. The van der Waals surface area contributed by atoms with Crippen molar-refractivity contribution < 1.29 is 14.3 Å². The zero-order valence-electron chi connectivity index (χ0n) is 17.2. The third-order valence-electron chi connectivity index (χ3n) is 4.96. The van der Waals surface area contributed by atoms with Crippen molar-refractivity contribution >= 4 is 40.4 Å².